The third-order valence-electron chi connectivity index (χ3n) is 3.94. The first-order valence-electron chi connectivity index (χ1n) is 7.70. The number of rotatable bonds is 3. The topological polar surface area (TPSA) is 80.6 Å². The predicted octanol–water partition coefficient (Wildman–Crippen LogP) is 2.46. The molecule has 0 saturated heterocycles. The number of thioether (sulfide) groups is 1. The van der Waals surface area contributed by atoms with Crippen LogP contribution < -0.4 is 11.1 Å². The minimum absolute atomic E-state index is 0.0898. The molecule has 0 radical (unpaired) electrons. The molecule has 0 atom stereocenters. The molecule has 0 aliphatic carbocycles. The van der Waals surface area contributed by atoms with Crippen LogP contribution in [0.3, 0.4) is 0 Å². The Hall–Kier alpha value is -2.93. The van der Waals surface area contributed by atoms with Crippen LogP contribution in [-0.4, -0.2) is 19.5 Å². The van der Waals surface area contributed by atoms with Crippen molar-refractivity contribution in [2.24, 2.45) is 7.05 Å². The van der Waals surface area contributed by atoms with E-state index in [0.717, 1.165) is 0 Å². The lowest BCUT2D eigenvalue weighted by Gasteiger charge is -2.08. The van der Waals surface area contributed by atoms with Gasteiger partial charge >= 0.3 is 0 Å². The molecule has 6 nitrogen and oxygen atoms in total. The highest BCUT2D eigenvalue weighted by molar-refractivity contribution is 7.98. The van der Waals surface area contributed by atoms with E-state index < -0.39 is 0 Å². The van der Waals surface area contributed by atoms with E-state index in [1.165, 1.54) is 16.3 Å². The molecule has 0 amide bonds. The smallest absolute Gasteiger partial charge is 0.261 e. The number of aromatic amines is 1. The van der Waals surface area contributed by atoms with Gasteiger partial charge in [0, 0.05) is 7.05 Å². The van der Waals surface area contributed by atoms with Crippen LogP contribution in [0.1, 0.15) is 5.82 Å². The molecule has 7 heteroatoms. The van der Waals surface area contributed by atoms with Crippen molar-refractivity contribution >= 4 is 33.6 Å². The predicted molar refractivity (Wildman–Crippen MR) is 98.9 cm³/mol. The zero-order chi connectivity index (χ0) is 17.4. The summed E-state index contributed by atoms with van der Waals surface area (Å²) in [6.07, 6.45) is 0. The molecule has 0 aliphatic rings. The van der Waals surface area contributed by atoms with Crippen molar-refractivity contribution in [1.82, 2.24) is 19.5 Å². The van der Waals surface area contributed by atoms with Gasteiger partial charge in [-0.25, -0.2) is 9.97 Å². The normalized spacial score (nSPS) is 11.2. The molecule has 0 spiro atoms. The first kappa shape index (κ1) is 15.6. The van der Waals surface area contributed by atoms with E-state index in [1.807, 2.05) is 36.4 Å². The van der Waals surface area contributed by atoms with Crippen LogP contribution in [-0.2, 0) is 12.8 Å². The summed E-state index contributed by atoms with van der Waals surface area (Å²) in [6.45, 7) is 0. The van der Waals surface area contributed by atoms with Crippen molar-refractivity contribution in [3.05, 3.63) is 75.1 Å². The van der Waals surface area contributed by atoms with Crippen molar-refractivity contribution in [3.63, 3.8) is 0 Å². The second-order valence-corrected chi connectivity index (χ2v) is 6.54. The summed E-state index contributed by atoms with van der Waals surface area (Å²) in [5.41, 5.74) is 1.06. The SMILES string of the molecule is Cn1c(SCc2nc3ccccc3c(=O)[nH]2)nc2ccccc2c1=O. The van der Waals surface area contributed by atoms with Gasteiger partial charge < -0.3 is 4.98 Å². The van der Waals surface area contributed by atoms with Gasteiger partial charge in [0.2, 0.25) is 0 Å². The van der Waals surface area contributed by atoms with Crippen LogP contribution in [0.15, 0.2) is 63.3 Å². The van der Waals surface area contributed by atoms with Gasteiger partial charge in [-0.15, -0.1) is 0 Å². The van der Waals surface area contributed by atoms with Gasteiger partial charge in [-0.2, -0.15) is 0 Å². The Morgan fingerprint density at radius 3 is 2.36 bits per heavy atom. The van der Waals surface area contributed by atoms with Crippen molar-refractivity contribution in [3.8, 4) is 0 Å². The number of hydrogen-bond acceptors (Lipinski definition) is 5. The highest BCUT2D eigenvalue weighted by atomic mass is 32.2. The highest BCUT2D eigenvalue weighted by Gasteiger charge is 2.10. The summed E-state index contributed by atoms with van der Waals surface area (Å²) >= 11 is 1.37. The molecule has 4 aromatic rings. The lowest BCUT2D eigenvalue weighted by Crippen LogP contribution is -2.20. The quantitative estimate of drug-likeness (QED) is 0.453. The number of nitrogens with one attached hydrogen (secondary N) is 1. The second-order valence-electron chi connectivity index (χ2n) is 5.59. The molecule has 0 bridgehead atoms. The van der Waals surface area contributed by atoms with Crippen LogP contribution in [0, 0.1) is 0 Å². The van der Waals surface area contributed by atoms with Gasteiger partial charge in [0.25, 0.3) is 11.1 Å². The van der Waals surface area contributed by atoms with Crippen molar-refractivity contribution in [2.75, 3.05) is 0 Å². The fourth-order valence-corrected chi connectivity index (χ4v) is 3.50. The number of aromatic nitrogens is 4. The molecule has 0 aliphatic heterocycles. The third kappa shape index (κ3) is 2.83. The van der Waals surface area contributed by atoms with Crippen LogP contribution in [0.25, 0.3) is 21.8 Å². The maximum atomic E-state index is 12.4. The Bertz CT molecular complexity index is 1210. The molecule has 1 N–H and O–H groups in total. The Morgan fingerprint density at radius 1 is 0.960 bits per heavy atom. The van der Waals surface area contributed by atoms with Crippen LogP contribution in [0.2, 0.25) is 0 Å². The first-order valence-corrected chi connectivity index (χ1v) is 8.68. The number of para-hydroxylation sites is 2. The lowest BCUT2D eigenvalue weighted by molar-refractivity contribution is 0.725. The summed E-state index contributed by atoms with van der Waals surface area (Å²) in [5.74, 6) is 0.967. The van der Waals surface area contributed by atoms with Crippen molar-refractivity contribution in [2.45, 2.75) is 10.9 Å². The maximum Gasteiger partial charge on any atom is 0.261 e. The second kappa shape index (κ2) is 6.18. The van der Waals surface area contributed by atoms with E-state index in [0.29, 0.717) is 38.5 Å². The number of hydrogen-bond donors (Lipinski definition) is 1. The van der Waals surface area contributed by atoms with E-state index >= 15 is 0 Å². The minimum Gasteiger partial charge on any atom is -0.309 e. The van der Waals surface area contributed by atoms with E-state index in [9.17, 15) is 9.59 Å². The average Bonchev–Trinajstić information content (AvgIpc) is 2.63. The van der Waals surface area contributed by atoms with Gasteiger partial charge in [-0.1, -0.05) is 36.0 Å². The van der Waals surface area contributed by atoms with Gasteiger partial charge in [0.1, 0.15) is 5.82 Å². The van der Waals surface area contributed by atoms with E-state index in [4.69, 9.17) is 0 Å². The summed E-state index contributed by atoms with van der Waals surface area (Å²) < 4.78 is 1.52. The Morgan fingerprint density at radius 2 is 1.60 bits per heavy atom. The zero-order valence-corrected chi connectivity index (χ0v) is 14.2. The summed E-state index contributed by atoms with van der Waals surface area (Å²) in [7, 11) is 1.70. The summed E-state index contributed by atoms with van der Waals surface area (Å²) in [6, 6.07) is 14.5. The Balaban J connectivity index is 1.70. The standard InChI is InChI=1S/C18H14N4O2S/c1-22-17(24)12-7-3-5-9-14(12)20-18(22)25-10-15-19-13-8-4-2-6-11(13)16(23)21-15/h2-9H,10H2,1H3,(H,19,21,23). The molecule has 25 heavy (non-hydrogen) atoms. The fraction of sp³-hybridized carbons (Fsp3) is 0.111. The number of nitrogens with zero attached hydrogens (tertiary/aromatic N) is 3. The van der Waals surface area contributed by atoms with Crippen molar-refractivity contribution < 1.29 is 0 Å². The van der Waals surface area contributed by atoms with E-state index in [-0.39, 0.29) is 11.1 Å². The lowest BCUT2D eigenvalue weighted by atomic mass is 10.2. The van der Waals surface area contributed by atoms with E-state index in [1.54, 1.807) is 19.2 Å². The molecule has 0 fully saturated rings. The molecule has 2 aromatic carbocycles. The number of benzene rings is 2. The van der Waals surface area contributed by atoms with Gasteiger partial charge in [0.15, 0.2) is 5.16 Å². The Labute approximate surface area is 146 Å². The summed E-state index contributed by atoms with van der Waals surface area (Å²) in [4.78, 5) is 36.4. The highest BCUT2D eigenvalue weighted by Crippen LogP contribution is 2.20. The van der Waals surface area contributed by atoms with Gasteiger partial charge in [0.05, 0.1) is 27.6 Å². The Kier molecular flexibility index (Phi) is 3.85. The monoisotopic (exact) mass is 350 g/mol. The summed E-state index contributed by atoms with van der Waals surface area (Å²) in [5, 5.41) is 1.73. The molecule has 2 heterocycles. The van der Waals surface area contributed by atoms with Crippen LogP contribution in [0.4, 0.5) is 0 Å². The molecule has 124 valence electrons. The van der Waals surface area contributed by atoms with Crippen LogP contribution in [0.5, 0.6) is 0 Å². The number of fused-ring (bicyclic) bond motifs is 2. The zero-order valence-electron chi connectivity index (χ0n) is 13.4. The largest absolute Gasteiger partial charge is 0.309 e. The molecule has 0 unspecified atom stereocenters. The minimum atomic E-state index is -0.165. The fourth-order valence-electron chi connectivity index (χ4n) is 2.66. The molecule has 2 aromatic heterocycles. The molecule has 4 rings (SSSR count). The molecule has 0 saturated carbocycles. The first-order chi connectivity index (χ1) is 12.1. The molecular weight excluding hydrogens is 336 g/mol. The van der Waals surface area contributed by atoms with Gasteiger partial charge in [-0.3, -0.25) is 14.2 Å². The van der Waals surface area contributed by atoms with Gasteiger partial charge in [-0.05, 0) is 24.3 Å². The van der Waals surface area contributed by atoms with Crippen molar-refractivity contribution in [1.29, 1.82) is 0 Å². The van der Waals surface area contributed by atoms with Crippen LogP contribution >= 0.6 is 11.8 Å². The van der Waals surface area contributed by atoms with E-state index in [2.05, 4.69) is 15.0 Å². The maximum absolute atomic E-state index is 12.4. The number of H-pyrrole nitrogens is 1. The molecular formula is C18H14N4O2S. The average molecular weight is 350 g/mol. The third-order valence-corrected chi connectivity index (χ3v) is 4.98.